The second-order valence-corrected chi connectivity index (χ2v) is 9.56. The SMILES string of the molecule is CC(C)c1c(C(=O)N(C)Cc2ccccc2)nn(-c2ccc(F)cc2)c1CC[C@@H](O)C[C@@H](O)CC(=O)[O-].[Na+]. The summed E-state index contributed by atoms with van der Waals surface area (Å²) in [7, 11) is 1.71. The summed E-state index contributed by atoms with van der Waals surface area (Å²) >= 11 is 0. The molecular weight excluding hydrogens is 500 g/mol. The zero-order valence-electron chi connectivity index (χ0n) is 22.3. The largest absolute Gasteiger partial charge is 1.00 e. The van der Waals surface area contributed by atoms with Crippen molar-refractivity contribution in [2.45, 2.75) is 64.2 Å². The Bertz CT molecular complexity index is 1200. The van der Waals surface area contributed by atoms with E-state index in [1.54, 1.807) is 28.8 Å². The molecule has 8 nitrogen and oxygen atoms in total. The topological polar surface area (TPSA) is 119 Å². The summed E-state index contributed by atoms with van der Waals surface area (Å²) < 4.78 is 15.2. The molecule has 1 amide bonds. The molecule has 2 aromatic carbocycles. The fraction of sp³-hybridized carbons (Fsp3) is 0.393. The van der Waals surface area contributed by atoms with E-state index in [0.717, 1.165) is 11.1 Å². The second-order valence-electron chi connectivity index (χ2n) is 9.56. The first kappa shape index (κ1) is 31.7. The number of carbonyl (C=O) groups is 2. The molecule has 0 aliphatic heterocycles. The second kappa shape index (κ2) is 14.6. The molecule has 1 aromatic heterocycles. The van der Waals surface area contributed by atoms with Crippen molar-refractivity contribution in [3.05, 3.63) is 82.9 Å². The summed E-state index contributed by atoms with van der Waals surface area (Å²) in [6.45, 7) is 4.29. The van der Waals surface area contributed by atoms with Crippen LogP contribution in [-0.4, -0.2) is 56.0 Å². The molecule has 0 radical (unpaired) electrons. The van der Waals surface area contributed by atoms with E-state index in [0.29, 0.717) is 24.3 Å². The van der Waals surface area contributed by atoms with E-state index in [9.17, 15) is 29.3 Å². The van der Waals surface area contributed by atoms with Crippen LogP contribution in [0.3, 0.4) is 0 Å². The third kappa shape index (κ3) is 8.47. The molecule has 1 heterocycles. The van der Waals surface area contributed by atoms with Crippen LogP contribution in [0.5, 0.6) is 0 Å². The molecule has 3 rings (SSSR count). The van der Waals surface area contributed by atoms with Crippen LogP contribution in [0.4, 0.5) is 4.39 Å². The summed E-state index contributed by atoms with van der Waals surface area (Å²) in [6, 6.07) is 15.3. The van der Waals surface area contributed by atoms with Crippen LogP contribution in [-0.2, 0) is 17.8 Å². The number of nitrogens with zero attached hydrogens (tertiary/aromatic N) is 3. The minimum absolute atomic E-state index is 0. The van der Waals surface area contributed by atoms with Gasteiger partial charge >= 0.3 is 29.6 Å². The van der Waals surface area contributed by atoms with Gasteiger partial charge in [0.05, 0.1) is 17.9 Å². The average Bonchev–Trinajstić information content (AvgIpc) is 3.22. The summed E-state index contributed by atoms with van der Waals surface area (Å²) in [5, 5.41) is 35.7. The Morgan fingerprint density at radius 2 is 1.68 bits per heavy atom. The predicted octanol–water partition coefficient (Wildman–Crippen LogP) is -0.404. The van der Waals surface area contributed by atoms with Crippen molar-refractivity contribution in [2.24, 2.45) is 0 Å². The molecule has 0 spiro atoms. The van der Waals surface area contributed by atoms with Crippen molar-refractivity contribution in [3.8, 4) is 5.69 Å². The van der Waals surface area contributed by atoms with Crippen LogP contribution >= 0.6 is 0 Å². The summed E-state index contributed by atoms with van der Waals surface area (Å²) in [5.74, 6) is -2.15. The number of amides is 1. The normalized spacial score (nSPS) is 12.6. The van der Waals surface area contributed by atoms with Crippen molar-refractivity contribution in [1.29, 1.82) is 0 Å². The summed E-state index contributed by atoms with van der Waals surface area (Å²) in [6.07, 6.45) is -2.40. The van der Waals surface area contributed by atoms with E-state index < -0.39 is 30.4 Å². The van der Waals surface area contributed by atoms with Gasteiger partial charge in [0, 0.05) is 37.2 Å². The first-order valence-electron chi connectivity index (χ1n) is 12.3. The number of benzene rings is 2. The number of rotatable bonds is 12. The smallest absolute Gasteiger partial charge is 0.550 e. The average molecular weight is 534 g/mol. The monoisotopic (exact) mass is 533 g/mol. The number of hydrogen-bond donors (Lipinski definition) is 2. The molecule has 38 heavy (non-hydrogen) atoms. The maximum atomic E-state index is 13.6. The summed E-state index contributed by atoms with van der Waals surface area (Å²) in [5.41, 5.74) is 3.22. The van der Waals surface area contributed by atoms with Gasteiger partial charge in [-0.15, -0.1) is 0 Å². The van der Waals surface area contributed by atoms with Crippen LogP contribution < -0.4 is 34.7 Å². The number of carbonyl (C=O) groups excluding carboxylic acids is 2. The van der Waals surface area contributed by atoms with E-state index in [1.807, 2.05) is 44.2 Å². The molecule has 2 N–H and O–H groups in total. The maximum absolute atomic E-state index is 13.6. The van der Waals surface area contributed by atoms with E-state index in [-0.39, 0.29) is 59.9 Å². The molecular formula is C28H33FN3NaO5. The Labute approximate surface area is 244 Å². The fourth-order valence-corrected chi connectivity index (χ4v) is 4.39. The number of aliphatic carboxylic acids is 1. The Balaban J connectivity index is 0.00000507. The Hall–Kier alpha value is -2.56. The van der Waals surface area contributed by atoms with Crippen molar-refractivity contribution in [2.75, 3.05) is 7.05 Å². The maximum Gasteiger partial charge on any atom is 1.00 e. The Kier molecular flexibility index (Phi) is 12.1. The number of aliphatic hydroxyl groups is 2. The van der Waals surface area contributed by atoms with Gasteiger partial charge in [0.1, 0.15) is 5.82 Å². The zero-order chi connectivity index (χ0) is 27.1. The van der Waals surface area contributed by atoms with Crippen molar-refractivity contribution < 1.29 is 58.9 Å². The Morgan fingerprint density at radius 1 is 1.05 bits per heavy atom. The number of hydrogen-bond acceptors (Lipinski definition) is 6. The van der Waals surface area contributed by atoms with E-state index in [2.05, 4.69) is 5.10 Å². The van der Waals surface area contributed by atoms with Crippen molar-refractivity contribution >= 4 is 11.9 Å². The summed E-state index contributed by atoms with van der Waals surface area (Å²) in [4.78, 5) is 25.9. The molecule has 0 saturated carbocycles. The van der Waals surface area contributed by atoms with Crippen molar-refractivity contribution in [1.82, 2.24) is 14.7 Å². The number of aromatic nitrogens is 2. The molecule has 10 heteroatoms. The first-order chi connectivity index (χ1) is 17.6. The standard InChI is InChI=1S/C28H34FN3O5.Na/c1-18(2)26-24(14-13-22(33)15-23(34)16-25(35)36)32(21-11-9-20(29)10-12-21)30-27(26)28(37)31(3)17-19-7-5-4-6-8-19;/h4-12,18,22-23,33-34H,13-17H2,1-3H3,(H,35,36);/q;+1/p-1/t22-,23-;/m1./s1. The molecule has 0 saturated heterocycles. The van der Waals surface area contributed by atoms with Gasteiger partial charge in [-0.25, -0.2) is 9.07 Å². The molecule has 0 aliphatic rings. The predicted molar refractivity (Wildman–Crippen MR) is 134 cm³/mol. The van der Waals surface area contributed by atoms with E-state index >= 15 is 0 Å². The van der Waals surface area contributed by atoms with Crippen molar-refractivity contribution in [3.63, 3.8) is 0 Å². The third-order valence-corrected chi connectivity index (χ3v) is 6.14. The molecule has 0 unspecified atom stereocenters. The van der Waals surface area contributed by atoms with Crippen LogP contribution in [0, 0.1) is 5.82 Å². The number of aliphatic hydroxyl groups excluding tert-OH is 2. The minimum Gasteiger partial charge on any atom is -0.550 e. The van der Waals surface area contributed by atoms with Gasteiger partial charge in [0.2, 0.25) is 0 Å². The van der Waals surface area contributed by atoms with Crippen LogP contribution in [0.2, 0.25) is 0 Å². The number of carboxylic acid groups (broad SMARTS) is 1. The van der Waals surface area contributed by atoms with Gasteiger partial charge in [-0.3, -0.25) is 4.79 Å². The van der Waals surface area contributed by atoms with Gasteiger partial charge in [0.15, 0.2) is 5.69 Å². The van der Waals surface area contributed by atoms with Gasteiger partial charge < -0.3 is 25.0 Å². The molecule has 0 aliphatic carbocycles. The first-order valence-corrected chi connectivity index (χ1v) is 12.3. The van der Waals surface area contributed by atoms with Gasteiger partial charge in [-0.05, 0) is 55.0 Å². The molecule has 198 valence electrons. The number of halogens is 1. The molecule has 0 fully saturated rings. The van der Waals surface area contributed by atoms with E-state index in [1.165, 1.54) is 12.1 Å². The van der Waals surface area contributed by atoms with E-state index in [4.69, 9.17) is 0 Å². The third-order valence-electron chi connectivity index (χ3n) is 6.14. The Morgan fingerprint density at radius 3 is 2.26 bits per heavy atom. The van der Waals surface area contributed by atoms with Gasteiger partial charge in [-0.1, -0.05) is 44.2 Å². The van der Waals surface area contributed by atoms with Crippen LogP contribution in [0.15, 0.2) is 54.6 Å². The molecule has 2 atom stereocenters. The zero-order valence-corrected chi connectivity index (χ0v) is 24.3. The van der Waals surface area contributed by atoms with Crippen LogP contribution in [0.1, 0.15) is 66.3 Å². The molecule has 3 aromatic rings. The molecule has 0 bridgehead atoms. The van der Waals surface area contributed by atoms with Gasteiger partial charge in [-0.2, -0.15) is 5.10 Å². The van der Waals surface area contributed by atoms with Gasteiger partial charge in [0.25, 0.3) is 5.91 Å². The fourth-order valence-electron chi connectivity index (χ4n) is 4.39. The quantitative estimate of drug-likeness (QED) is 0.306. The minimum atomic E-state index is -1.39. The van der Waals surface area contributed by atoms with Crippen LogP contribution in [0.25, 0.3) is 5.69 Å². The number of carboxylic acids is 1.